The Hall–Kier alpha value is -2.84. The fourth-order valence-electron chi connectivity index (χ4n) is 2.84. The van der Waals surface area contributed by atoms with Gasteiger partial charge in [0.2, 0.25) is 11.8 Å². The van der Waals surface area contributed by atoms with Crippen LogP contribution in [0.3, 0.4) is 0 Å². The SMILES string of the molecule is Cc1ccc(NC(=O)Cc2nnc(SCC(=O)Nc3cc(Cl)ccc3C)n2C)cc1C. The lowest BCUT2D eigenvalue weighted by molar-refractivity contribution is -0.116. The number of hydrogen-bond acceptors (Lipinski definition) is 5. The zero-order valence-electron chi connectivity index (χ0n) is 17.8. The van der Waals surface area contributed by atoms with Crippen molar-refractivity contribution < 1.29 is 9.59 Å². The second-order valence-corrected chi connectivity index (χ2v) is 8.66. The van der Waals surface area contributed by atoms with Crippen LogP contribution in [0.1, 0.15) is 22.5 Å². The lowest BCUT2D eigenvalue weighted by Crippen LogP contribution is -2.17. The number of thioether (sulfide) groups is 1. The van der Waals surface area contributed by atoms with Crippen LogP contribution in [0.4, 0.5) is 11.4 Å². The molecule has 162 valence electrons. The average molecular weight is 458 g/mol. The number of anilines is 2. The summed E-state index contributed by atoms with van der Waals surface area (Å²) in [6.07, 6.45) is 0.0882. The van der Waals surface area contributed by atoms with E-state index < -0.39 is 0 Å². The molecule has 0 unspecified atom stereocenters. The molecule has 0 bridgehead atoms. The molecule has 0 aliphatic rings. The summed E-state index contributed by atoms with van der Waals surface area (Å²) in [7, 11) is 1.78. The van der Waals surface area contributed by atoms with E-state index >= 15 is 0 Å². The van der Waals surface area contributed by atoms with Gasteiger partial charge in [-0.05, 0) is 61.7 Å². The minimum absolute atomic E-state index is 0.0882. The number of aryl methyl sites for hydroxylation is 3. The molecule has 1 aromatic heterocycles. The van der Waals surface area contributed by atoms with E-state index in [1.807, 2.05) is 45.0 Å². The number of nitrogens with zero attached hydrogens (tertiary/aromatic N) is 3. The van der Waals surface area contributed by atoms with E-state index in [0.717, 1.165) is 16.8 Å². The van der Waals surface area contributed by atoms with Crippen molar-refractivity contribution in [1.29, 1.82) is 0 Å². The summed E-state index contributed by atoms with van der Waals surface area (Å²) in [4.78, 5) is 24.7. The number of halogens is 1. The quantitative estimate of drug-likeness (QED) is 0.516. The molecule has 0 atom stereocenters. The second kappa shape index (κ2) is 9.98. The number of carbonyl (C=O) groups excluding carboxylic acids is 2. The molecule has 2 aromatic carbocycles. The Morgan fingerprint density at radius 1 is 0.968 bits per heavy atom. The number of amides is 2. The summed E-state index contributed by atoms with van der Waals surface area (Å²) in [5.41, 5.74) is 4.64. The van der Waals surface area contributed by atoms with Gasteiger partial charge in [0.15, 0.2) is 5.16 Å². The fourth-order valence-corrected chi connectivity index (χ4v) is 3.74. The van der Waals surface area contributed by atoms with E-state index in [4.69, 9.17) is 11.6 Å². The lowest BCUT2D eigenvalue weighted by Gasteiger charge is -2.09. The van der Waals surface area contributed by atoms with Crippen LogP contribution in [0.2, 0.25) is 5.02 Å². The summed E-state index contributed by atoms with van der Waals surface area (Å²) >= 11 is 7.25. The normalized spacial score (nSPS) is 10.7. The molecule has 0 aliphatic carbocycles. The first-order valence-electron chi connectivity index (χ1n) is 9.67. The maximum absolute atomic E-state index is 12.4. The topological polar surface area (TPSA) is 88.9 Å². The van der Waals surface area contributed by atoms with Crippen molar-refractivity contribution in [2.24, 2.45) is 7.05 Å². The molecular weight excluding hydrogens is 434 g/mol. The van der Waals surface area contributed by atoms with E-state index in [1.54, 1.807) is 23.7 Å². The third kappa shape index (κ3) is 6.08. The first kappa shape index (κ1) is 22.8. The smallest absolute Gasteiger partial charge is 0.234 e. The van der Waals surface area contributed by atoms with Gasteiger partial charge >= 0.3 is 0 Å². The van der Waals surface area contributed by atoms with Crippen LogP contribution in [0, 0.1) is 20.8 Å². The first-order chi connectivity index (χ1) is 14.7. The molecule has 0 spiro atoms. The van der Waals surface area contributed by atoms with E-state index in [2.05, 4.69) is 20.8 Å². The Labute approximate surface area is 190 Å². The predicted octanol–water partition coefficient (Wildman–Crippen LogP) is 4.31. The van der Waals surface area contributed by atoms with Crippen molar-refractivity contribution >= 4 is 46.6 Å². The minimum atomic E-state index is -0.176. The van der Waals surface area contributed by atoms with Crippen LogP contribution in [0.25, 0.3) is 0 Å². The highest BCUT2D eigenvalue weighted by molar-refractivity contribution is 7.99. The molecule has 31 heavy (non-hydrogen) atoms. The molecule has 0 saturated heterocycles. The molecule has 2 amide bonds. The summed E-state index contributed by atoms with van der Waals surface area (Å²) in [6.45, 7) is 5.92. The van der Waals surface area contributed by atoms with Gasteiger partial charge in [-0.1, -0.05) is 35.5 Å². The molecule has 9 heteroatoms. The largest absolute Gasteiger partial charge is 0.326 e. The molecule has 0 saturated carbocycles. The monoisotopic (exact) mass is 457 g/mol. The van der Waals surface area contributed by atoms with E-state index in [1.165, 1.54) is 17.3 Å². The van der Waals surface area contributed by atoms with Gasteiger partial charge in [-0.15, -0.1) is 10.2 Å². The van der Waals surface area contributed by atoms with Crippen molar-refractivity contribution in [3.63, 3.8) is 0 Å². The Bertz CT molecular complexity index is 1130. The van der Waals surface area contributed by atoms with Crippen LogP contribution < -0.4 is 10.6 Å². The highest BCUT2D eigenvalue weighted by Gasteiger charge is 2.15. The molecule has 0 radical (unpaired) electrons. The number of benzene rings is 2. The summed E-state index contributed by atoms with van der Waals surface area (Å²) in [6, 6.07) is 11.1. The van der Waals surface area contributed by atoms with Crippen molar-refractivity contribution in [3.8, 4) is 0 Å². The van der Waals surface area contributed by atoms with Gasteiger partial charge in [0.05, 0.1) is 12.2 Å². The van der Waals surface area contributed by atoms with Crippen LogP contribution in [-0.2, 0) is 23.1 Å². The number of hydrogen-bond donors (Lipinski definition) is 2. The summed E-state index contributed by atoms with van der Waals surface area (Å²) < 4.78 is 1.72. The molecule has 0 fully saturated rings. The molecule has 7 nitrogen and oxygen atoms in total. The Morgan fingerprint density at radius 3 is 2.45 bits per heavy atom. The molecule has 3 rings (SSSR count). The van der Waals surface area contributed by atoms with Gasteiger partial charge in [0.1, 0.15) is 5.82 Å². The van der Waals surface area contributed by atoms with E-state index in [-0.39, 0.29) is 24.0 Å². The highest BCUT2D eigenvalue weighted by Crippen LogP contribution is 2.22. The number of carbonyl (C=O) groups is 2. The maximum Gasteiger partial charge on any atom is 0.234 e. The van der Waals surface area contributed by atoms with Crippen LogP contribution >= 0.6 is 23.4 Å². The number of aromatic nitrogens is 3. The molecular formula is C22H24ClN5O2S. The van der Waals surface area contributed by atoms with Gasteiger partial charge in [0.25, 0.3) is 0 Å². The van der Waals surface area contributed by atoms with Gasteiger partial charge in [0, 0.05) is 23.4 Å². The average Bonchev–Trinajstić information content (AvgIpc) is 3.05. The lowest BCUT2D eigenvalue weighted by atomic mass is 10.1. The highest BCUT2D eigenvalue weighted by atomic mass is 35.5. The maximum atomic E-state index is 12.4. The standard InChI is InChI=1S/C22H24ClN5O2S/c1-13-6-8-17(9-15(13)3)24-20(29)11-19-26-27-22(28(19)4)31-12-21(30)25-18-10-16(23)7-5-14(18)2/h5-10H,11-12H2,1-4H3,(H,24,29)(H,25,30). The van der Waals surface area contributed by atoms with E-state index in [0.29, 0.717) is 21.7 Å². The van der Waals surface area contributed by atoms with Gasteiger partial charge in [-0.3, -0.25) is 9.59 Å². The second-order valence-electron chi connectivity index (χ2n) is 7.28. The predicted molar refractivity (Wildman–Crippen MR) is 125 cm³/mol. The zero-order chi connectivity index (χ0) is 22.5. The minimum Gasteiger partial charge on any atom is -0.326 e. The fraction of sp³-hybridized carbons (Fsp3) is 0.273. The van der Waals surface area contributed by atoms with Crippen LogP contribution in [0.5, 0.6) is 0 Å². The Morgan fingerprint density at radius 2 is 1.71 bits per heavy atom. The summed E-state index contributed by atoms with van der Waals surface area (Å²) in [5.74, 6) is 0.332. The number of nitrogens with one attached hydrogen (secondary N) is 2. The third-order valence-corrected chi connectivity index (χ3v) is 6.10. The van der Waals surface area contributed by atoms with Gasteiger partial charge in [-0.2, -0.15) is 0 Å². The van der Waals surface area contributed by atoms with Crippen molar-refractivity contribution in [2.45, 2.75) is 32.3 Å². The van der Waals surface area contributed by atoms with Crippen LogP contribution in [0.15, 0.2) is 41.6 Å². The molecule has 2 N–H and O–H groups in total. The molecule has 0 aliphatic heterocycles. The van der Waals surface area contributed by atoms with Gasteiger partial charge < -0.3 is 15.2 Å². The first-order valence-corrected chi connectivity index (χ1v) is 11.0. The third-order valence-electron chi connectivity index (χ3n) is 4.84. The van der Waals surface area contributed by atoms with Crippen molar-refractivity contribution in [2.75, 3.05) is 16.4 Å². The Kier molecular flexibility index (Phi) is 7.35. The molecule has 1 heterocycles. The van der Waals surface area contributed by atoms with Gasteiger partial charge in [-0.25, -0.2) is 0 Å². The Balaban J connectivity index is 1.55. The van der Waals surface area contributed by atoms with Crippen LogP contribution in [-0.4, -0.2) is 32.3 Å². The molecule has 3 aromatic rings. The van der Waals surface area contributed by atoms with Crippen molar-refractivity contribution in [1.82, 2.24) is 14.8 Å². The summed E-state index contributed by atoms with van der Waals surface area (Å²) in [5, 5.41) is 15.1. The zero-order valence-corrected chi connectivity index (χ0v) is 19.4. The van der Waals surface area contributed by atoms with E-state index in [9.17, 15) is 9.59 Å². The number of rotatable bonds is 7. The van der Waals surface area contributed by atoms with Crippen molar-refractivity contribution in [3.05, 3.63) is 63.9 Å².